The Balaban J connectivity index is 1.21. The number of aryl methyl sites for hydroxylation is 4. The van der Waals surface area contributed by atoms with E-state index in [0.29, 0.717) is 0 Å². The lowest BCUT2D eigenvalue weighted by molar-refractivity contribution is 1.25. The summed E-state index contributed by atoms with van der Waals surface area (Å²) in [7, 11) is 0. The highest BCUT2D eigenvalue weighted by molar-refractivity contribution is 6.06. The first-order valence-corrected chi connectivity index (χ1v) is 19.8. The molecule has 0 aromatic heterocycles. The van der Waals surface area contributed by atoms with E-state index in [4.69, 9.17) is 0 Å². The molecule has 8 aromatic rings. The lowest BCUT2D eigenvalue weighted by Gasteiger charge is -2.29. The summed E-state index contributed by atoms with van der Waals surface area (Å²) in [5, 5.41) is 2.40. The first-order chi connectivity index (χ1) is 27.9. The van der Waals surface area contributed by atoms with Crippen molar-refractivity contribution in [2.45, 2.75) is 27.7 Å². The summed E-state index contributed by atoms with van der Waals surface area (Å²) in [5.74, 6) is 0. The fourth-order valence-corrected chi connectivity index (χ4v) is 7.63. The largest absolute Gasteiger partial charge is 0.310 e. The van der Waals surface area contributed by atoms with Crippen LogP contribution in [0.3, 0.4) is 0 Å². The molecule has 0 N–H and O–H groups in total. The van der Waals surface area contributed by atoms with Crippen molar-refractivity contribution < 1.29 is 0 Å². The predicted molar refractivity (Wildman–Crippen MR) is 246 cm³/mol. The normalized spacial score (nSPS) is 11.1. The molecule has 0 radical (unpaired) electrons. The first kappa shape index (κ1) is 37.0. The smallest absolute Gasteiger partial charge is 0.0540 e. The summed E-state index contributed by atoms with van der Waals surface area (Å²) < 4.78 is 0. The Morgan fingerprint density at radius 1 is 0.421 bits per heavy atom. The minimum absolute atomic E-state index is 1.11. The van der Waals surface area contributed by atoms with E-state index in [1.54, 1.807) is 0 Å². The molecule has 0 saturated carbocycles. The number of allylic oxidation sites excluding steroid dienone is 2. The Labute approximate surface area is 338 Å². The molecule has 0 aliphatic carbocycles. The van der Waals surface area contributed by atoms with Crippen molar-refractivity contribution in [2.24, 2.45) is 0 Å². The van der Waals surface area contributed by atoms with Crippen LogP contribution in [-0.2, 0) is 0 Å². The van der Waals surface area contributed by atoms with E-state index in [2.05, 4.69) is 245 Å². The van der Waals surface area contributed by atoms with Crippen molar-refractivity contribution in [2.75, 3.05) is 4.90 Å². The van der Waals surface area contributed by atoms with Crippen LogP contribution in [0.1, 0.15) is 55.6 Å². The highest BCUT2D eigenvalue weighted by Gasteiger charge is 2.19. The minimum Gasteiger partial charge on any atom is -0.310 e. The highest BCUT2D eigenvalue weighted by atomic mass is 15.1. The third kappa shape index (κ3) is 8.34. The Hall–Kier alpha value is -6.96. The van der Waals surface area contributed by atoms with Gasteiger partial charge in [-0.3, -0.25) is 0 Å². The number of rotatable bonds is 10. The molecule has 0 spiro atoms. The van der Waals surface area contributed by atoms with Gasteiger partial charge in [-0.25, -0.2) is 0 Å². The van der Waals surface area contributed by atoms with E-state index in [0.717, 1.165) is 22.6 Å². The molecule has 0 unspecified atom stereocenters. The summed E-state index contributed by atoms with van der Waals surface area (Å²) in [4.78, 5) is 2.42. The zero-order chi connectivity index (χ0) is 39.1. The Kier molecular flexibility index (Phi) is 10.9. The van der Waals surface area contributed by atoms with E-state index < -0.39 is 0 Å². The van der Waals surface area contributed by atoms with E-state index in [9.17, 15) is 0 Å². The average molecular weight is 734 g/mol. The van der Waals surface area contributed by atoms with Crippen molar-refractivity contribution in [3.63, 3.8) is 0 Å². The second-order valence-corrected chi connectivity index (χ2v) is 14.9. The zero-order valence-electron chi connectivity index (χ0n) is 33.2. The van der Waals surface area contributed by atoms with Gasteiger partial charge in [-0.05, 0) is 114 Å². The third-order valence-electron chi connectivity index (χ3n) is 10.7. The molecule has 0 fully saturated rings. The first-order valence-electron chi connectivity index (χ1n) is 19.8. The third-order valence-corrected chi connectivity index (χ3v) is 10.7. The molecule has 57 heavy (non-hydrogen) atoms. The van der Waals surface area contributed by atoms with Crippen LogP contribution in [-0.4, -0.2) is 0 Å². The Morgan fingerprint density at radius 3 is 1.51 bits per heavy atom. The maximum absolute atomic E-state index is 2.42. The summed E-state index contributed by atoms with van der Waals surface area (Å²) in [5.41, 5.74) is 17.9. The van der Waals surface area contributed by atoms with Crippen LogP contribution >= 0.6 is 0 Å². The van der Waals surface area contributed by atoms with Crippen LogP contribution in [0.5, 0.6) is 0 Å². The predicted octanol–water partition coefficient (Wildman–Crippen LogP) is 15.3. The second-order valence-electron chi connectivity index (χ2n) is 14.9. The van der Waals surface area contributed by atoms with Crippen LogP contribution in [0.4, 0.5) is 17.1 Å². The number of benzene rings is 8. The molecule has 0 aliphatic heterocycles. The quantitative estimate of drug-likeness (QED) is 0.0999. The monoisotopic (exact) mass is 733 g/mol. The molecule has 0 bridgehead atoms. The Morgan fingerprint density at radius 2 is 0.930 bits per heavy atom. The van der Waals surface area contributed by atoms with Crippen molar-refractivity contribution in [3.05, 3.63) is 256 Å². The van der Waals surface area contributed by atoms with Gasteiger partial charge >= 0.3 is 0 Å². The number of nitrogens with zero attached hydrogens (tertiary/aromatic N) is 1. The zero-order valence-corrected chi connectivity index (χ0v) is 33.2. The minimum atomic E-state index is 1.11. The average Bonchev–Trinajstić information content (AvgIpc) is 3.25. The van der Waals surface area contributed by atoms with Gasteiger partial charge in [0.1, 0.15) is 0 Å². The van der Waals surface area contributed by atoms with E-state index in [1.165, 1.54) is 72.0 Å². The van der Waals surface area contributed by atoms with Crippen LogP contribution in [0, 0.1) is 27.7 Å². The van der Waals surface area contributed by atoms with E-state index in [1.807, 2.05) is 0 Å². The van der Waals surface area contributed by atoms with Crippen LogP contribution in [0.25, 0.3) is 34.1 Å². The van der Waals surface area contributed by atoms with Crippen LogP contribution in [0.2, 0.25) is 0 Å². The molecule has 0 amide bonds. The highest BCUT2D eigenvalue weighted by Crippen LogP contribution is 2.42. The molecule has 276 valence electrons. The van der Waals surface area contributed by atoms with E-state index in [-0.39, 0.29) is 0 Å². The van der Waals surface area contributed by atoms with Crippen molar-refractivity contribution in [3.8, 4) is 0 Å². The molecular formula is C56H47N. The molecular weight excluding hydrogens is 687 g/mol. The number of hydrogen-bond donors (Lipinski definition) is 0. The number of hydrogen-bond acceptors (Lipinski definition) is 1. The maximum Gasteiger partial charge on any atom is 0.0540 e. The second kappa shape index (κ2) is 16.8. The van der Waals surface area contributed by atoms with Gasteiger partial charge in [0.15, 0.2) is 0 Å². The standard InChI is InChI=1S/C56H47N/c1-40-22-29-47(30-23-40)54(48-31-24-41(2)25-32-48)39-49-33-37-56(53-20-12-11-19-52(49)53)57(55-36-26-42(3)38-43(55)4)50-34-27-44(28-35-50)14-13-21-51(45-15-7-5-8-16-45)46-17-9-6-10-18-46/h5-39H,1-4H3/b14-13+. The lowest BCUT2D eigenvalue weighted by Crippen LogP contribution is -2.12. The molecule has 0 heterocycles. The lowest BCUT2D eigenvalue weighted by atomic mass is 9.92. The van der Waals surface area contributed by atoms with Gasteiger partial charge in [0.25, 0.3) is 0 Å². The maximum atomic E-state index is 2.42. The SMILES string of the molecule is Cc1ccc(C(=Cc2ccc(N(c3ccc(/C=C/C=C(c4ccccc4)c4ccccc4)cc3)c3ccc(C)cc3C)c3ccccc23)c2ccc(C)cc2)cc1. The van der Waals surface area contributed by atoms with E-state index >= 15 is 0 Å². The van der Waals surface area contributed by atoms with Gasteiger partial charge in [0.05, 0.1) is 5.69 Å². The van der Waals surface area contributed by atoms with Crippen molar-refractivity contribution in [1.82, 2.24) is 0 Å². The molecule has 1 nitrogen and oxygen atoms in total. The molecule has 0 saturated heterocycles. The van der Waals surface area contributed by atoms with Crippen molar-refractivity contribution in [1.29, 1.82) is 0 Å². The van der Waals surface area contributed by atoms with Crippen LogP contribution in [0.15, 0.2) is 200 Å². The van der Waals surface area contributed by atoms with Gasteiger partial charge in [-0.1, -0.05) is 199 Å². The van der Waals surface area contributed by atoms with Gasteiger partial charge in [-0.15, -0.1) is 0 Å². The Bertz CT molecular complexity index is 2630. The fourth-order valence-electron chi connectivity index (χ4n) is 7.63. The van der Waals surface area contributed by atoms with Gasteiger partial charge in [0.2, 0.25) is 0 Å². The molecule has 1 heteroatoms. The molecule has 8 rings (SSSR count). The van der Waals surface area contributed by atoms with Gasteiger partial charge in [-0.2, -0.15) is 0 Å². The molecule has 8 aromatic carbocycles. The van der Waals surface area contributed by atoms with Gasteiger partial charge < -0.3 is 4.90 Å². The molecule has 0 atom stereocenters. The van der Waals surface area contributed by atoms with Gasteiger partial charge in [0, 0.05) is 16.8 Å². The van der Waals surface area contributed by atoms with Crippen molar-refractivity contribution >= 4 is 51.1 Å². The summed E-state index contributed by atoms with van der Waals surface area (Å²) in [6.07, 6.45) is 8.92. The van der Waals surface area contributed by atoms with Crippen LogP contribution < -0.4 is 4.90 Å². The summed E-state index contributed by atoms with van der Waals surface area (Å²) >= 11 is 0. The fraction of sp³-hybridized carbons (Fsp3) is 0.0714. The summed E-state index contributed by atoms with van der Waals surface area (Å²) in [6.45, 7) is 8.66. The topological polar surface area (TPSA) is 3.24 Å². The molecule has 0 aliphatic rings. The number of fused-ring (bicyclic) bond motifs is 1. The number of anilines is 3. The summed E-state index contributed by atoms with van der Waals surface area (Å²) in [6, 6.07) is 68.0.